The second-order valence-electron chi connectivity index (χ2n) is 7.36. The normalized spacial score (nSPS) is 13.9. The van der Waals surface area contributed by atoms with Gasteiger partial charge in [0.05, 0.1) is 27.3 Å². The van der Waals surface area contributed by atoms with Crippen molar-refractivity contribution < 1.29 is 4.79 Å². The van der Waals surface area contributed by atoms with Crippen LogP contribution in [0.2, 0.25) is 10.0 Å². The molecule has 0 saturated heterocycles. The third-order valence-corrected chi connectivity index (χ3v) is 5.60. The first kappa shape index (κ1) is 19.7. The predicted octanol–water partition coefficient (Wildman–Crippen LogP) is 4.44. The second kappa shape index (κ2) is 8.05. The molecule has 6 nitrogen and oxygen atoms in total. The Bertz CT molecular complexity index is 1080. The fraction of sp³-hybridized carbons (Fsp3) is 0.286. The molecule has 0 spiro atoms. The third-order valence-electron chi connectivity index (χ3n) is 4.88. The van der Waals surface area contributed by atoms with Crippen molar-refractivity contribution in [3.05, 3.63) is 57.8 Å². The van der Waals surface area contributed by atoms with Crippen LogP contribution in [0.5, 0.6) is 0 Å². The van der Waals surface area contributed by atoms with E-state index in [1.807, 2.05) is 47.8 Å². The fourth-order valence-electron chi connectivity index (χ4n) is 3.17. The average Bonchev–Trinajstić information content (AvgIpc) is 3.48. The van der Waals surface area contributed by atoms with Gasteiger partial charge in [-0.05, 0) is 42.7 Å². The zero-order chi connectivity index (χ0) is 20.5. The monoisotopic (exact) mass is 429 g/mol. The van der Waals surface area contributed by atoms with Crippen molar-refractivity contribution in [2.24, 2.45) is 5.10 Å². The maximum atomic E-state index is 12.5. The van der Waals surface area contributed by atoms with Gasteiger partial charge in [0.15, 0.2) is 0 Å². The van der Waals surface area contributed by atoms with Crippen molar-refractivity contribution in [1.82, 2.24) is 15.0 Å². The van der Waals surface area contributed by atoms with E-state index < -0.39 is 0 Å². The molecule has 8 heteroatoms. The van der Waals surface area contributed by atoms with Crippen molar-refractivity contribution in [1.29, 1.82) is 0 Å². The molecule has 0 unspecified atom stereocenters. The van der Waals surface area contributed by atoms with Gasteiger partial charge in [0.1, 0.15) is 12.4 Å². The molecule has 1 aliphatic carbocycles. The smallest absolute Gasteiger partial charge is 0.260 e. The summed E-state index contributed by atoms with van der Waals surface area (Å²) in [5, 5.41) is 4.98. The summed E-state index contributed by atoms with van der Waals surface area (Å²) in [5.74, 6) is 1.06. The van der Waals surface area contributed by atoms with Gasteiger partial charge in [0.25, 0.3) is 5.91 Å². The maximum Gasteiger partial charge on any atom is 0.260 e. The second-order valence-corrected chi connectivity index (χ2v) is 8.18. The van der Waals surface area contributed by atoms with Crippen LogP contribution in [-0.4, -0.2) is 35.8 Å². The lowest BCUT2D eigenvalue weighted by Crippen LogP contribution is -2.24. The summed E-state index contributed by atoms with van der Waals surface area (Å²) in [6, 6.07) is 11.4. The number of nitrogens with zero attached hydrogens (tertiary/aromatic N) is 4. The minimum atomic E-state index is -0.224. The molecule has 0 atom stereocenters. The van der Waals surface area contributed by atoms with Gasteiger partial charge in [-0.2, -0.15) is 5.10 Å². The van der Waals surface area contributed by atoms with Crippen LogP contribution in [0.1, 0.15) is 30.1 Å². The fourth-order valence-corrected chi connectivity index (χ4v) is 3.49. The molecule has 0 bridgehead atoms. The van der Waals surface area contributed by atoms with Gasteiger partial charge in [-0.25, -0.2) is 10.4 Å². The largest absolute Gasteiger partial charge is 0.378 e. The first-order valence-corrected chi connectivity index (χ1v) is 10.1. The number of carbonyl (C=O) groups excluding carboxylic acids is 1. The minimum absolute atomic E-state index is 0.122. The lowest BCUT2D eigenvalue weighted by atomic mass is 10.2. The van der Waals surface area contributed by atoms with Crippen molar-refractivity contribution in [2.75, 3.05) is 19.0 Å². The molecule has 1 aliphatic rings. The predicted molar refractivity (Wildman–Crippen MR) is 118 cm³/mol. The number of hydrazone groups is 1. The molecule has 4 rings (SSSR count). The lowest BCUT2D eigenvalue weighted by Gasteiger charge is -2.11. The number of anilines is 1. The topological polar surface area (TPSA) is 62.5 Å². The Hall–Kier alpha value is -2.57. The van der Waals surface area contributed by atoms with Crippen LogP contribution in [0.3, 0.4) is 0 Å². The van der Waals surface area contributed by atoms with Gasteiger partial charge in [-0.3, -0.25) is 4.79 Å². The number of benzene rings is 2. The molecular formula is C21H21Cl2N5O. The number of carbonyl (C=O) groups is 1. The Kier molecular flexibility index (Phi) is 5.48. The van der Waals surface area contributed by atoms with E-state index in [2.05, 4.69) is 15.5 Å². The van der Waals surface area contributed by atoms with Crippen molar-refractivity contribution in [2.45, 2.75) is 25.3 Å². The highest BCUT2D eigenvalue weighted by atomic mass is 35.5. The van der Waals surface area contributed by atoms with Gasteiger partial charge in [-0.1, -0.05) is 35.3 Å². The molecule has 1 saturated carbocycles. The van der Waals surface area contributed by atoms with Gasteiger partial charge < -0.3 is 9.47 Å². The number of rotatable bonds is 6. The van der Waals surface area contributed by atoms with E-state index in [0.29, 0.717) is 16.0 Å². The molecule has 0 aliphatic heterocycles. The molecule has 3 aromatic rings. The molecule has 1 fully saturated rings. The highest BCUT2D eigenvalue weighted by molar-refractivity contribution is 6.42. The van der Waals surface area contributed by atoms with E-state index in [0.717, 1.165) is 41.0 Å². The van der Waals surface area contributed by atoms with Crippen molar-refractivity contribution in [3.8, 4) is 0 Å². The van der Waals surface area contributed by atoms with Gasteiger partial charge in [0.2, 0.25) is 0 Å². The standard InChI is InChI=1S/C21H21Cl2N5O/c1-27(2)15-7-3-13(4-8-15)11-24-26-20(29)12-28-19-10-17(23)16(22)9-18(19)25-21(28)14-5-6-14/h3-4,7-11,14H,5-6,12H2,1-2H3,(H,26,29)/b24-11+. The Morgan fingerprint density at radius 1 is 1.24 bits per heavy atom. The van der Waals surface area contributed by atoms with Crippen molar-refractivity contribution in [3.63, 3.8) is 0 Å². The zero-order valence-corrected chi connectivity index (χ0v) is 17.7. The highest BCUT2D eigenvalue weighted by Crippen LogP contribution is 2.41. The van der Waals surface area contributed by atoms with Crippen LogP contribution in [0.4, 0.5) is 5.69 Å². The Morgan fingerprint density at radius 2 is 1.93 bits per heavy atom. The van der Waals surface area contributed by atoms with Crippen LogP contribution in [0.15, 0.2) is 41.5 Å². The molecule has 29 heavy (non-hydrogen) atoms. The van der Waals surface area contributed by atoms with E-state index >= 15 is 0 Å². The number of amides is 1. The molecule has 0 radical (unpaired) electrons. The van der Waals surface area contributed by atoms with Crippen LogP contribution in [0, 0.1) is 0 Å². The Morgan fingerprint density at radius 3 is 2.59 bits per heavy atom. The van der Waals surface area contributed by atoms with E-state index in [1.165, 1.54) is 0 Å². The number of imidazole rings is 1. The average molecular weight is 430 g/mol. The molecule has 2 aromatic carbocycles. The molecule has 1 N–H and O–H groups in total. The summed E-state index contributed by atoms with van der Waals surface area (Å²) in [4.78, 5) is 19.2. The van der Waals surface area contributed by atoms with Crippen LogP contribution < -0.4 is 10.3 Å². The molecule has 1 aromatic heterocycles. The highest BCUT2D eigenvalue weighted by Gasteiger charge is 2.30. The third kappa shape index (κ3) is 4.38. The van der Waals surface area contributed by atoms with Crippen molar-refractivity contribution >= 4 is 52.0 Å². The zero-order valence-electron chi connectivity index (χ0n) is 16.2. The maximum absolute atomic E-state index is 12.5. The minimum Gasteiger partial charge on any atom is -0.378 e. The van der Waals surface area contributed by atoms with E-state index in [-0.39, 0.29) is 12.5 Å². The molecular weight excluding hydrogens is 409 g/mol. The summed E-state index contributed by atoms with van der Waals surface area (Å²) in [5.41, 5.74) is 6.16. The number of fused-ring (bicyclic) bond motifs is 1. The number of hydrogen-bond acceptors (Lipinski definition) is 4. The number of halogens is 2. The van der Waals surface area contributed by atoms with Gasteiger partial charge in [-0.15, -0.1) is 0 Å². The SMILES string of the molecule is CN(C)c1ccc(/C=N/NC(=O)Cn2c(C3CC3)nc3cc(Cl)c(Cl)cc32)cc1. The lowest BCUT2D eigenvalue weighted by molar-refractivity contribution is -0.121. The summed E-state index contributed by atoms with van der Waals surface area (Å²) < 4.78 is 1.91. The van der Waals surface area contributed by atoms with Gasteiger partial charge in [0, 0.05) is 25.7 Å². The van der Waals surface area contributed by atoms with Crippen LogP contribution in [-0.2, 0) is 11.3 Å². The quantitative estimate of drug-likeness (QED) is 0.465. The summed E-state index contributed by atoms with van der Waals surface area (Å²) in [7, 11) is 3.97. The summed E-state index contributed by atoms with van der Waals surface area (Å²) in [6.07, 6.45) is 3.78. The van der Waals surface area contributed by atoms with Crippen LogP contribution in [0.25, 0.3) is 11.0 Å². The Balaban J connectivity index is 1.48. The molecule has 1 amide bonds. The summed E-state index contributed by atoms with van der Waals surface area (Å²) >= 11 is 12.3. The Labute approximate surface area is 179 Å². The van der Waals surface area contributed by atoms with E-state index in [1.54, 1.807) is 18.3 Å². The first-order chi connectivity index (χ1) is 13.9. The molecule has 150 valence electrons. The first-order valence-electron chi connectivity index (χ1n) is 9.37. The van der Waals surface area contributed by atoms with Gasteiger partial charge >= 0.3 is 0 Å². The van der Waals surface area contributed by atoms with Crippen LogP contribution >= 0.6 is 23.2 Å². The number of hydrogen-bond donors (Lipinski definition) is 1. The number of nitrogens with one attached hydrogen (secondary N) is 1. The summed E-state index contributed by atoms with van der Waals surface area (Å²) in [6.45, 7) is 0.122. The number of aromatic nitrogens is 2. The molecule has 1 heterocycles. The van der Waals surface area contributed by atoms with E-state index in [4.69, 9.17) is 23.2 Å². The van der Waals surface area contributed by atoms with E-state index in [9.17, 15) is 4.79 Å².